The van der Waals surface area contributed by atoms with E-state index in [9.17, 15) is 18.9 Å². The van der Waals surface area contributed by atoms with Crippen molar-refractivity contribution in [2.75, 3.05) is 16.6 Å². The van der Waals surface area contributed by atoms with Gasteiger partial charge in [0.05, 0.1) is 0 Å². The Morgan fingerprint density at radius 2 is 2.00 bits per heavy atom. The summed E-state index contributed by atoms with van der Waals surface area (Å²) < 4.78 is 12.8. The van der Waals surface area contributed by atoms with Crippen LogP contribution < -0.4 is 9.62 Å². The molecule has 0 bridgehead atoms. The number of carbonyl (C=O) groups is 3. The minimum absolute atomic E-state index is 0.172. The van der Waals surface area contributed by atoms with Crippen molar-refractivity contribution in [2.24, 2.45) is 0 Å². The third-order valence-electron chi connectivity index (χ3n) is 4.03. The molecule has 0 saturated heterocycles. The zero-order chi connectivity index (χ0) is 16.6. The first-order valence-corrected chi connectivity index (χ1v) is 8.76. The number of aryl methyl sites for hydroxylation is 1. The molecule has 1 aliphatic carbocycles. The second-order valence-electron chi connectivity index (χ2n) is 5.60. The SMILES string of the molecule is O=C(O)CNC(=O)N1c2cc3c(n2C(=O)C[S+]1O)CCCCC3. The average Bonchev–Trinajstić information content (AvgIpc) is 2.68. The molecule has 2 heterocycles. The summed E-state index contributed by atoms with van der Waals surface area (Å²) in [6.45, 7) is -0.541. The van der Waals surface area contributed by atoms with E-state index >= 15 is 0 Å². The second-order valence-corrected chi connectivity index (χ2v) is 6.93. The predicted octanol–water partition coefficient (Wildman–Crippen LogP) is 1.02. The van der Waals surface area contributed by atoms with Gasteiger partial charge in [0, 0.05) is 5.69 Å². The fraction of sp³-hybridized carbons (Fsp3) is 0.500. The van der Waals surface area contributed by atoms with Crippen LogP contribution in [0.3, 0.4) is 0 Å². The van der Waals surface area contributed by atoms with E-state index < -0.39 is 29.9 Å². The Kier molecular flexibility index (Phi) is 4.31. The van der Waals surface area contributed by atoms with Crippen LogP contribution in [0.4, 0.5) is 10.6 Å². The van der Waals surface area contributed by atoms with Crippen LogP contribution in [-0.2, 0) is 29.0 Å². The third kappa shape index (κ3) is 2.93. The first-order chi connectivity index (χ1) is 11.0. The van der Waals surface area contributed by atoms with Crippen molar-refractivity contribution in [3.8, 4) is 0 Å². The van der Waals surface area contributed by atoms with Crippen LogP contribution in [0.5, 0.6) is 0 Å². The number of nitrogens with zero attached hydrogens (tertiary/aromatic N) is 2. The summed E-state index contributed by atoms with van der Waals surface area (Å²) >= 11 is -1.59. The number of carbonyl (C=O) groups excluding carboxylic acids is 2. The summed E-state index contributed by atoms with van der Waals surface area (Å²) in [6.07, 6.45) is 4.73. The lowest BCUT2D eigenvalue weighted by Gasteiger charge is -2.23. The van der Waals surface area contributed by atoms with Crippen molar-refractivity contribution in [1.82, 2.24) is 9.88 Å². The molecule has 0 fully saturated rings. The zero-order valence-electron chi connectivity index (χ0n) is 12.4. The van der Waals surface area contributed by atoms with Gasteiger partial charge in [-0.2, -0.15) is 4.55 Å². The highest BCUT2D eigenvalue weighted by molar-refractivity contribution is 7.94. The maximum Gasteiger partial charge on any atom is 0.368 e. The first kappa shape index (κ1) is 15.9. The van der Waals surface area contributed by atoms with E-state index in [-0.39, 0.29) is 11.7 Å². The molecule has 3 N–H and O–H groups in total. The third-order valence-corrected chi connectivity index (χ3v) is 5.31. The fourth-order valence-electron chi connectivity index (χ4n) is 3.06. The number of carboxylic acid groups (broad SMARTS) is 1. The number of urea groups is 1. The maximum atomic E-state index is 12.3. The van der Waals surface area contributed by atoms with Gasteiger partial charge in [-0.1, -0.05) is 10.7 Å². The van der Waals surface area contributed by atoms with Gasteiger partial charge in [-0.25, -0.2) is 4.79 Å². The smallest absolute Gasteiger partial charge is 0.368 e. The minimum atomic E-state index is -1.59. The summed E-state index contributed by atoms with van der Waals surface area (Å²) in [7, 11) is 0. The number of fused-ring (bicyclic) bond motifs is 3. The number of carboxylic acids is 1. The van der Waals surface area contributed by atoms with Gasteiger partial charge in [-0.3, -0.25) is 14.2 Å². The van der Waals surface area contributed by atoms with E-state index in [2.05, 4.69) is 5.32 Å². The molecule has 8 nitrogen and oxygen atoms in total. The molecule has 124 valence electrons. The summed E-state index contributed by atoms with van der Waals surface area (Å²) in [5.41, 5.74) is 1.94. The number of hydrogen-bond acceptors (Lipinski definition) is 4. The van der Waals surface area contributed by atoms with Crippen LogP contribution >= 0.6 is 0 Å². The number of rotatable bonds is 2. The van der Waals surface area contributed by atoms with E-state index in [4.69, 9.17) is 5.11 Å². The van der Waals surface area contributed by atoms with Crippen LogP contribution in [0.15, 0.2) is 6.07 Å². The lowest BCUT2D eigenvalue weighted by Crippen LogP contribution is -2.51. The van der Waals surface area contributed by atoms with Gasteiger partial charge < -0.3 is 10.4 Å². The van der Waals surface area contributed by atoms with Gasteiger partial charge in [-0.05, 0) is 37.3 Å². The molecular weight excluding hydrogens is 322 g/mol. The van der Waals surface area contributed by atoms with E-state index in [1.165, 1.54) is 4.57 Å². The van der Waals surface area contributed by atoms with E-state index in [1.807, 2.05) is 0 Å². The molecule has 1 aromatic heterocycles. The van der Waals surface area contributed by atoms with Crippen molar-refractivity contribution >= 4 is 35.1 Å². The van der Waals surface area contributed by atoms with Gasteiger partial charge in [0.2, 0.25) is 5.75 Å². The van der Waals surface area contributed by atoms with Crippen molar-refractivity contribution in [3.63, 3.8) is 0 Å². The molecule has 1 atom stereocenters. The highest BCUT2D eigenvalue weighted by Crippen LogP contribution is 2.33. The van der Waals surface area contributed by atoms with Crippen molar-refractivity contribution in [2.45, 2.75) is 32.1 Å². The molecule has 0 aromatic carbocycles. The predicted molar refractivity (Wildman–Crippen MR) is 84.7 cm³/mol. The molecule has 0 saturated carbocycles. The van der Waals surface area contributed by atoms with Gasteiger partial charge in [0.15, 0.2) is 5.82 Å². The lowest BCUT2D eigenvalue weighted by atomic mass is 10.1. The van der Waals surface area contributed by atoms with Gasteiger partial charge >= 0.3 is 12.0 Å². The normalized spacial score (nSPS) is 20.5. The van der Waals surface area contributed by atoms with Crippen LogP contribution in [0.1, 0.15) is 35.3 Å². The number of hydrogen-bond donors (Lipinski definition) is 3. The van der Waals surface area contributed by atoms with Crippen LogP contribution in [0.2, 0.25) is 0 Å². The standard InChI is InChI=1S/C14H17N3O5S/c18-12-8-23(22)17(14(21)15-7-13(19)20)11-6-9-4-2-1-3-5-10(9)16(11)12/h6,22H,1-5,7-8H2,(H-,15,19,20,21)/p+1. The Morgan fingerprint density at radius 3 is 2.74 bits per heavy atom. The Labute approximate surface area is 135 Å². The average molecular weight is 340 g/mol. The molecule has 1 unspecified atom stereocenters. The van der Waals surface area contributed by atoms with Crippen molar-refractivity contribution < 1.29 is 24.0 Å². The second kappa shape index (κ2) is 6.25. The molecule has 2 aliphatic rings. The summed E-state index contributed by atoms with van der Waals surface area (Å²) in [4.78, 5) is 35.2. The van der Waals surface area contributed by atoms with Crippen molar-refractivity contribution in [3.05, 3.63) is 17.3 Å². The van der Waals surface area contributed by atoms with Crippen LogP contribution in [0.25, 0.3) is 0 Å². The van der Waals surface area contributed by atoms with Gasteiger partial charge in [-0.15, -0.1) is 0 Å². The number of aliphatic carboxylic acids is 1. The van der Waals surface area contributed by atoms with E-state index in [0.717, 1.165) is 47.7 Å². The Balaban J connectivity index is 1.97. The molecule has 23 heavy (non-hydrogen) atoms. The highest BCUT2D eigenvalue weighted by Gasteiger charge is 2.46. The number of amides is 2. The molecular formula is C14H18N3O5S+. The Morgan fingerprint density at radius 1 is 1.26 bits per heavy atom. The monoisotopic (exact) mass is 340 g/mol. The number of aromatic nitrogens is 1. The van der Waals surface area contributed by atoms with Crippen LogP contribution in [-0.4, -0.2) is 44.4 Å². The summed E-state index contributed by atoms with van der Waals surface area (Å²) in [6, 6.07) is 1.06. The quantitative estimate of drug-likeness (QED) is 0.550. The van der Waals surface area contributed by atoms with E-state index in [0.29, 0.717) is 5.82 Å². The highest BCUT2D eigenvalue weighted by atomic mass is 32.2. The topological polar surface area (TPSA) is 112 Å². The minimum Gasteiger partial charge on any atom is -0.480 e. The van der Waals surface area contributed by atoms with Gasteiger partial charge in [0.25, 0.3) is 17.3 Å². The molecule has 0 spiro atoms. The molecule has 0 radical (unpaired) electrons. The molecule has 9 heteroatoms. The van der Waals surface area contributed by atoms with E-state index in [1.54, 1.807) is 6.07 Å². The number of nitrogens with one attached hydrogen (secondary N) is 1. The molecule has 3 rings (SSSR count). The summed E-state index contributed by atoms with van der Waals surface area (Å²) in [5, 5.41) is 10.9. The molecule has 2 amide bonds. The fourth-order valence-corrected chi connectivity index (χ4v) is 4.14. The molecule has 1 aromatic rings. The number of anilines is 1. The lowest BCUT2D eigenvalue weighted by molar-refractivity contribution is -0.135. The van der Waals surface area contributed by atoms with Crippen molar-refractivity contribution in [1.29, 1.82) is 0 Å². The maximum absolute atomic E-state index is 12.3. The first-order valence-electron chi connectivity index (χ1n) is 7.45. The van der Waals surface area contributed by atoms with Crippen LogP contribution in [0, 0.1) is 0 Å². The molecule has 1 aliphatic heterocycles. The Bertz CT molecular complexity index is 672. The zero-order valence-corrected chi connectivity index (χ0v) is 13.3. The van der Waals surface area contributed by atoms with Gasteiger partial charge in [0.1, 0.15) is 6.54 Å². The Hall–Kier alpha value is -2.00. The largest absolute Gasteiger partial charge is 0.480 e. The summed E-state index contributed by atoms with van der Waals surface area (Å²) in [5.74, 6) is -1.23.